The molecule has 5 heteroatoms. The number of carbonyl (C=O) groups excluding carboxylic acids is 1. The maximum absolute atomic E-state index is 11.8. The SMILES string of the molecule is CSCC(C)NC(=O)c1cccc(N)c1Cl. The van der Waals surface area contributed by atoms with Crippen LogP contribution >= 0.6 is 23.4 Å². The van der Waals surface area contributed by atoms with E-state index < -0.39 is 0 Å². The molecule has 0 saturated heterocycles. The monoisotopic (exact) mass is 258 g/mol. The highest BCUT2D eigenvalue weighted by molar-refractivity contribution is 7.98. The van der Waals surface area contributed by atoms with Crippen LogP contribution in [0.4, 0.5) is 5.69 Å². The Labute approximate surface area is 105 Å². The van der Waals surface area contributed by atoms with Crippen LogP contribution in [0.1, 0.15) is 17.3 Å². The Hall–Kier alpha value is -0.870. The third kappa shape index (κ3) is 3.32. The zero-order chi connectivity index (χ0) is 12.1. The van der Waals surface area contributed by atoms with Crippen molar-refractivity contribution in [2.45, 2.75) is 13.0 Å². The summed E-state index contributed by atoms with van der Waals surface area (Å²) in [6, 6.07) is 5.17. The van der Waals surface area contributed by atoms with Crippen LogP contribution in [0.3, 0.4) is 0 Å². The first-order valence-electron chi connectivity index (χ1n) is 4.90. The van der Waals surface area contributed by atoms with Gasteiger partial charge in [0.15, 0.2) is 0 Å². The molecule has 1 rings (SSSR count). The fourth-order valence-electron chi connectivity index (χ4n) is 1.32. The maximum atomic E-state index is 11.8. The number of anilines is 1. The highest BCUT2D eigenvalue weighted by atomic mass is 35.5. The van der Waals surface area contributed by atoms with Crippen molar-refractivity contribution >= 4 is 35.0 Å². The van der Waals surface area contributed by atoms with Crippen molar-refractivity contribution in [2.75, 3.05) is 17.7 Å². The molecule has 16 heavy (non-hydrogen) atoms. The number of rotatable bonds is 4. The van der Waals surface area contributed by atoms with Gasteiger partial charge in [0.25, 0.3) is 5.91 Å². The molecule has 0 aliphatic rings. The van der Waals surface area contributed by atoms with Crippen LogP contribution < -0.4 is 11.1 Å². The summed E-state index contributed by atoms with van der Waals surface area (Å²) in [7, 11) is 0. The van der Waals surface area contributed by atoms with Gasteiger partial charge in [0.2, 0.25) is 0 Å². The number of halogens is 1. The Balaban J connectivity index is 2.77. The molecule has 1 aromatic rings. The van der Waals surface area contributed by atoms with E-state index >= 15 is 0 Å². The number of carbonyl (C=O) groups is 1. The summed E-state index contributed by atoms with van der Waals surface area (Å²) in [5.74, 6) is 0.685. The molecule has 0 aliphatic carbocycles. The number of nitrogen functional groups attached to an aromatic ring is 1. The minimum absolute atomic E-state index is 0.111. The Kier molecular flexibility index (Phi) is 4.96. The number of benzene rings is 1. The Bertz CT molecular complexity index is 384. The van der Waals surface area contributed by atoms with Crippen molar-refractivity contribution in [3.05, 3.63) is 28.8 Å². The molecule has 1 aromatic carbocycles. The minimum atomic E-state index is -0.182. The van der Waals surface area contributed by atoms with Crippen LogP contribution in [0.15, 0.2) is 18.2 Å². The molecule has 3 N–H and O–H groups in total. The first-order valence-corrected chi connectivity index (χ1v) is 6.67. The zero-order valence-electron chi connectivity index (χ0n) is 9.29. The van der Waals surface area contributed by atoms with Gasteiger partial charge in [0.05, 0.1) is 16.3 Å². The molecule has 0 aliphatic heterocycles. The largest absolute Gasteiger partial charge is 0.398 e. The van der Waals surface area contributed by atoms with Gasteiger partial charge in [0.1, 0.15) is 0 Å². The van der Waals surface area contributed by atoms with Crippen LogP contribution in [-0.2, 0) is 0 Å². The van der Waals surface area contributed by atoms with Crippen molar-refractivity contribution < 1.29 is 4.79 Å². The Morgan fingerprint density at radius 1 is 1.62 bits per heavy atom. The first kappa shape index (κ1) is 13.2. The number of hydrogen-bond acceptors (Lipinski definition) is 3. The predicted octanol–water partition coefficient (Wildman–Crippen LogP) is 2.40. The third-order valence-corrected chi connectivity index (χ3v) is 3.32. The smallest absolute Gasteiger partial charge is 0.253 e. The molecule has 0 spiro atoms. The number of hydrogen-bond donors (Lipinski definition) is 2. The van der Waals surface area contributed by atoms with Gasteiger partial charge >= 0.3 is 0 Å². The molecule has 1 amide bonds. The molecule has 0 radical (unpaired) electrons. The average molecular weight is 259 g/mol. The molecular formula is C11H15ClN2OS. The second kappa shape index (κ2) is 6.01. The van der Waals surface area contributed by atoms with Gasteiger partial charge in [-0.15, -0.1) is 0 Å². The lowest BCUT2D eigenvalue weighted by atomic mass is 10.2. The number of thioether (sulfide) groups is 1. The molecule has 0 aromatic heterocycles. The molecule has 88 valence electrons. The molecule has 0 saturated carbocycles. The zero-order valence-corrected chi connectivity index (χ0v) is 10.9. The molecule has 3 nitrogen and oxygen atoms in total. The highest BCUT2D eigenvalue weighted by Crippen LogP contribution is 2.22. The van der Waals surface area contributed by atoms with Gasteiger partial charge in [-0.25, -0.2) is 0 Å². The lowest BCUT2D eigenvalue weighted by Crippen LogP contribution is -2.34. The van der Waals surface area contributed by atoms with Crippen molar-refractivity contribution in [3.63, 3.8) is 0 Å². The summed E-state index contributed by atoms with van der Waals surface area (Å²) >= 11 is 7.64. The number of nitrogens with one attached hydrogen (secondary N) is 1. The Morgan fingerprint density at radius 2 is 2.31 bits per heavy atom. The van der Waals surface area contributed by atoms with Crippen molar-refractivity contribution in [1.82, 2.24) is 5.32 Å². The van der Waals surface area contributed by atoms with Crippen molar-refractivity contribution in [3.8, 4) is 0 Å². The van der Waals surface area contributed by atoms with Gasteiger partial charge in [-0.3, -0.25) is 4.79 Å². The van der Waals surface area contributed by atoms with E-state index in [1.165, 1.54) is 0 Å². The maximum Gasteiger partial charge on any atom is 0.253 e. The standard InChI is InChI=1S/C11H15ClN2OS/c1-7(6-16-2)14-11(15)8-4-3-5-9(13)10(8)12/h3-5,7H,6,13H2,1-2H3,(H,14,15). The van der Waals surface area contributed by atoms with Crippen molar-refractivity contribution in [2.24, 2.45) is 0 Å². The van der Waals surface area contributed by atoms with Gasteiger partial charge in [0, 0.05) is 11.8 Å². The average Bonchev–Trinajstić information content (AvgIpc) is 2.22. The van der Waals surface area contributed by atoms with Gasteiger partial charge < -0.3 is 11.1 Å². The highest BCUT2D eigenvalue weighted by Gasteiger charge is 2.13. The molecule has 0 heterocycles. The molecule has 1 unspecified atom stereocenters. The summed E-state index contributed by atoms with van der Waals surface area (Å²) in [4.78, 5) is 11.8. The predicted molar refractivity (Wildman–Crippen MR) is 71.2 cm³/mol. The van der Waals surface area contributed by atoms with Crippen LogP contribution in [-0.4, -0.2) is 24.0 Å². The number of nitrogens with two attached hydrogens (primary N) is 1. The second-order valence-corrected chi connectivity index (χ2v) is 4.83. The number of amides is 1. The fourth-order valence-corrected chi connectivity index (χ4v) is 2.11. The Morgan fingerprint density at radius 3 is 2.94 bits per heavy atom. The van der Waals surface area contributed by atoms with Crippen molar-refractivity contribution in [1.29, 1.82) is 0 Å². The van der Waals surface area contributed by atoms with E-state index in [0.29, 0.717) is 16.3 Å². The summed E-state index contributed by atoms with van der Waals surface area (Å²) in [5, 5.41) is 3.18. The summed E-state index contributed by atoms with van der Waals surface area (Å²) in [6.07, 6.45) is 2.00. The van der Waals surface area contributed by atoms with Gasteiger partial charge in [-0.2, -0.15) is 11.8 Å². The van der Waals surface area contributed by atoms with E-state index in [2.05, 4.69) is 5.32 Å². The first-order chi connectivity index (χ1) is 7.56. The lowest BCUT2D eigenvalue weighted by Gasteiger charge is -2.13. The van der Waals surface area contributed by atoms with Crippen LogP contribution in [0.25, 0.3) is 0 Å². The van der Waals surface area contributed by atoms with E-state index in [1.807, 2.05) is 13.2 Å². The fraction of sp³-hybridized carbons (Fsp3) is 0.364. The minimum Gasteiger partial charge on any atom is -0.398 e. The summed E-state index contributed by atoms with van der Waals surface area (Å²) < 4.78 is 0. The summed E-state index contributed by atoms with van der Waals surface area (Å²) in [6.45, 7) is 1.95. The van der Waals surface area contributed by atoms with Crippen LogP contribution in [0.2, 0.25) is 5.02 Å². The van der Waals surface area contributed by atoms with Crippen LogP contribution in [0, 0.1) is 0 Å². The molecule has 1 atom stereocenters. The topological polar surface area (TPSA) is 55.1 Å². The van der Waals surface area contributed by atoms with Crippen LogP contribution in [0.5, 0.6) is 0 Å². The second-order valence-electron chi connectivity index (χ2n) is 3.54. The quantitative estimate of drug-likeness (QED) is 0.816. The lowest BCUT2D eigenvalue weighted by molar-refractivity contribution is 0.0944. The summed E-state index contributed by atoms with van der Waals surface area (Å²) in [5.41, 5.74) is 6.48. The van der Waals surface area contributed by atoms with E-state index in [-0.39, 0.29) is 11.9 Å². The van der Waals surface area contributed by atoms with Gasteiger partial charge in [-0.05, 0) is 25.3 Å². The molecular weight excluding hydrogens is 244 g/mol. The van der Waals surface area contributed by atoms with E-state index in [4.69, 9.17) is 17.3 Å². The molecule has 0 bridgehead atoms. The van der Waals surface area contributed by atoms with E-state index in [1.54, 1.807) is 30.0 Å². The molecule has 0 fully saturated rings. The normalized spacial score (nSPS) is 12.2. The van der Waals surface area contributed by atoms with E-state index in [0.717, 1.165) is 5.75 Å². The van der Waals surface area contributed by atoms with Gasteiger partial charge in [-0.1, -0.05) is 17.7 Å². The third-order valence-electron chi connectivity index (χ3n) is 2.07. The van der Waals surface area contributed by atoms with E-state index in [9.17, 15) is 4.79 Å².